The molecule has 1 fully saturated rings. The number of aliphatic hydroxyl groups excluding tert-OH is 3. The first-order chi connectivity index (χ1) is 10.5. The van der Waals surface area contributed by atoms with Crippen LogP contribution in [0.2, 0.25) is 0 Å². The lowest BCUT2D eigenvalue weighted by Gasteiger charge is -2.17. The van der Waals surface area contributed by atoms with Crippen molar-refractivity contribution in [1.82, 2.24) is 14.5 Å². The summed E-state index contributed by atoms with van der Waals surface area (Å²) in [5, 5.41) is 29.0. The molecule has 4 atom stereocenters. The van der Waals surface area contributed by atoms with Gasteiger partial charge in [-0.15, -0.1) is 0 Å². The van der Waals surface area contributed by atoms with Gasteiger partial charge >= 0.3 is 0 Å². The van der Waals surface area contributed by atoms with Crippen molar-refractivity contribution in [3.8, 4) is 0 Å². The number of nitrogens with two attached hydrogens (primary N) is 1. The average Bonchev–Trinajstić information content (AvgIpc) is 2.98. The number of nitrogens with one attached hydrogen (secondary N) is 1. The molecule has 1 saturated heterocycles. The molecule has 0 unspecified atom stereocenters. The van der Waals surface area contributed by atoms with E-state index in [-0.39, 0.29) is 22.7 Å². The molecule has 0 aliphatic carbocycles. The second-order valence-corrected chi connectivity index (χ2v) is 4.91. The standard InChI is InChI=1S/C12H13N5O5/c1-14-4-2-17(9-6(4)10(21)16-12(13)15-9)11-8(20)7(19)5(3-18)22-11/h2,5,7-8,11,18-20H,3H2,(H3,13,15,16,21)/t5-,7-,8-,11-/m1/s1. The van der Waals surface area contributed by atoms with Gasteiger partial charge in [-0.2, -0.15) is 4.98 Å². The molecule has 2 aromatic heterocycles. The number of hydrogen-bond donors (Lipinski definition) is 5. The first-order valence-electron chi connectivity index (χ1n) is 6.38. The van der Waals surface area contributed by atoms with Gasteiger partial charge in [0.2, 0.25) is 11.6 Å². The minimum atomic E-state index is -1.35. The zero-order valence-electron chi connectivity index (χ0n) is 11.2. The molecule has 10 nitrogen and oxygen atoms in total. The fourth-order valence-corrected chi connectivity index (χ4v) is 2.54. The zero-order valence-corrected chi connectivity index (χ0v) is 11.2. The molecule has 10 heteroatoms. The van der Waals surface area contributed by atoms with Crippen LogP contribution in [0, 0.1) is 6.57 Å². The number of nitrogens with zero attached hydrogens (tertiary/aromatic N) is 3. The van der Waals surface area contributed by atoms with E-state index in [1.54, 1.807) is 0 Å². The summed E-state index contributed by atoms with van der Waals surface area (Å²) in [6.45, 7) is 6.65. The maximum Gasteiger partial charge on any atom is 0.251 e. The number of aromatic amines is 1. The molecule has 116 valence electrons. The maximum absolute atomic E-state index is 11.9. The van der Waals surface area contributed by atoms with Crippen molar-refractivity contribution in [3.63, 3.8) is 0 Å². The van der Waals surface area contributed by atoms with E-state index < -0.39 is 36.7 Å². The number of ether oxygens (including phenoxy) is 1. The Labute approximate surface area is 123 Å². The van der Waals surface area contributed by atoms with E-state index in [2.05, 4.69) is 14.8 Å². The van der Waals surface area contributed by atoms with Gasteiger partial charge in [-0.3, -0.25) is 9.78 Å². The van der Waals surface area contributed by atoms with E-state index in [0.29, 0.717) is 0 Å². The fraction of sp³-hybridized carbons (Fsp3) is 0.417. The van der Waals surface area contributed by atoms with Crippen molar-refractivity contribution < 1.29 is 20.1 Å². The van der Waals surface area contributed by atoms with Crippen LogP contribution in [0.25, 0.3) is 15.9 Å². The Balaban J connectivity index is 2.20. The monoisotopic (exact) mass is 307 g/mol. The molecule has 0 radical (unpaired) electrons. The van der Waals surface area contributed by atoms with Gasteiger partial charge in [-0.1, -0.05) is 0 Å². The first kappa shape index (κ1) is 14.5. The lowest BCUT2D eigenvalue weighted by atomic mass is 10.1. The normalized spacial score (nSPS) is 28.1. The third-order valence-corrected chi connectivity index (χ3v) is 3.59. The van der Waals surface area contributed by atoms with Gasteiger partial charge in [0, 0.05) is 6.20 Å². The van der Waals surface area contributed by atoms with E-state index in [9.17, 15) is 15.0 Å². The van der Waals surface area contributed by atoms with E-state index in [1.807, 2.05) is 0 Å². The Bertz CT molecular complexity index is 822. The number of rotatable bonds is 2. The molecule has 6 N–H and O–H groups in total. The van der Waals surface area contributed by atoms with Gasteiger partial charge in [-0.25, -0.2) is 4.85 Å². The molecule has 0 aromatic carbocycles. The highest BCUT2D eigenvalue weighted by Crippen LogP contribution is 2.34. The number of nitrogen functional groups attached to an aromatic ring is 1. The lowest BCUT2D eigenvalue weighted by Crippen LogP contribution is -2.33. The number of aliphatic hydroxyl groups is 3. The summed E-state index contributed by atoms with van der Waals surface area (Å²) in [6, 6.07) is 0. The van der Waals surface area contributed by atoms with Crippen LogP contribution in [0.5, 0.6) is 0 Å². The van der Waals surface area contributed by atoms with Crippen LogP contribution in [0.4, 0.5) is 11.6 Å². The van der Waals surface area contributed by atoms with Crippen LogP contribution in [-0.4, -0.2) is 54.8 Å². The van der Waals surface area contributed by atoms with Crippen molar-refractivity contribution >= 4 is 22.7 Å². The summed E-state index contributed by atoms with van der Waals surface area (Å²) in [5.74, 6) is -0.153. The van der Waals surface area contributed by atoms with Crippen molar-refractivity contribution in [2.75, 3.05) is 12.3 Å². The van der Waals surface area contributed by atoms with E-state index in [4.69, 9.17) is 22.1 Å². The van der Waals surface area contributed by atoms with Crippen LogP contribution in [0.1, 0.15) is 6.23 Å². The van der Waals surface area contributed by atoms with Gasteiger partial charge in [0.25, 0.3) is 5.56 Å². The van der Waals surface area contributed by atoms with Crippen LogP contribution in [-0.2, 0) is 4.74 Å². The highest BCUT2D eigenvalue weighted by atomic mass is 16.6. The predicted octanol–water partition coefficient (Wildman–Crippen LogP) is -1.53. The van der Waals surface area contributed by atoms with Crippen molar-refractivity contribution in [1.29, 1.82) is 0 Å². The number of fused-ring (bicyclic) bond motifs is 1. The molecular weight excluding hydrogens is 294 g/mol. The molecule has 0 saturated carbocycles. The first-order valence-corrected chi connectivity index (χ1v) is 6.38. The highest BCUT2D eigenvalue weighted by Gasteiger charge is 2.44. The van der Waals surface area contributed by atoms with Gasteiger partial charge in [0.15, 0.2) is 6.23 Å². The van der Waals surface area contributed by atoms with Crippen LogP contribution < -0.4 is 11.3 Å². The Kier molecular flexibility index (Phi) is 3.34. The number of anilines is 1. The molecule has 3 rings (SSSR count). The predicted molar refractivity (Wildman–Crippen MR) is 74.0 cm³/mol. The van der Waals surface area contributed by atoms with Crippen molar-refractivity contribution in [2.24, 2.45) is 0 Å². The second-order valence-electron chi connectivity index (χ2n) is 4.91. The molecule has 0 amide bonds. The van der Waals surface area contributed by atoms with Crippen LogP contribution in [0.15, 0.2) is 11.0 Å². The SMILES string of the molecule is [C-]#[N+]c1cn([C@@H]2O[C@H](CO)[C@@H](O)[C@H]2O)c2nc(N)[nH]c(=O)c12. The van der Waals surface area contributed by atoms with Crippen LogP contribution >= 0.6 is 0 Å². The second kappa shape index (κ2) is 5.08. The minimum absolute atomic E-state index is 0.0153. The van der Waals surface area contributed by atoms with Crippen molar-refractivity contribution in [2.45, 2.75) is 24.5 Å². The van der Waals surface area contributed by atoms with E-state index >= 15 is 0 Å². The lowest BCUT2D eigenvalue weighted by molar-refractivity contribution is -0.0508. The van der Waals surface area contributed by atoms with E-state index in [0.717, 1.165) is 0 Å². The van der Waals surface area contributed by atoms with Gasteiger partial charge < -0.3 is 30.4 Å². The molecule has 2 aromatic rings. The van der Waals surface area contributed by atoms with Gasteiger partial charge in [-0.05, 0) is 0 Å². The Hall–Kier alpha value is -2.45. The summed E-state index contributed by atoms with van der Waals surface area (Å²) < 4.78 is 6.65. The zero-order chi connectivity index (χ0) is 16.0. The summed E-state index contributed by atoms with van der Waals surface area (Å²) in [7, 11) is 0. The van der Waals surface area contributed by atoms with Crippen molar-refractivity contribution in [3.05, 3.63) is 28.0 Å². The third-order valence-electron chi connectivity index (χ3n) is 3.59. The smallest absolute Gasteiger partial charge is 0.251 e. The minimum Gasteiger partial charge on any atom is -0.394 e. The Morgan fingerprint density at radius 3 is 2.82 bits per heavy atom. The third kappa shape index (κ3) is 1.96. The summed E-state index contributed by atoms with van der Waals surface area (Å²) in [4.78, 5) is 21.5. The molecule has 1 aliphatic heterocycles. The molecule has 0 spiro atoms. The van der Waals surface area contributed by atoms with Crippen LogP contribution in [0.3, 0.4) is 0 Å². The number of aromatic nitrogens is 3. The fourth-order valence-electron chi connectivity index (χ4n) is 2.54. The van der Waals surface area contributed by atoms with Gasteiger partial charge in [0.1, 0.15) is 24.0 Å². The molecule has 3 heterocycles. The topological polar surface area (TPSA) is 151 Å². The maximum atomic E-state index is 11.9. The average molecular weight is 307 g/mol. The summed E-state index contributed by atoms with van der Waals surface area (Å²) in [5.41, 5.74) is 5.00. The Morgan fingerprint density at radius 2 is 2.23 bits per heavy atom. The Morgan fingerprint density at radius 1 is 1.50 bits per heavy atom. The van der Waals surface area contributed by atoms with E-state index in [1.165, 1.54) is 10.8 Å². The summed E-state index contributed by atoms with van der Waals surface area (Å²) >= 11 is 0. The molecule has 1 aliphatic rings. The van der Waals surface area contributed by atoms with Gasteiger partial charge in [0.05, 0.1) is 18.6 Å². The highest BCUT2D eigenvalue weighted by molar-refractivity contribution is 5.90. The number of H-pyrrole nitrogens is 1. The molecule has 0 bridgehead atoms. The summed E-state index contributed by atoms with van der Waals surface area (Å²) in [6.07, 6.45) is -3.44. The quantitative estimate of drug-likeness (QED) is 0.422. The molecule has 22 heavy (non-hydrogen) atoms. The largest absolute Gasteiger partial charge is 0.394 e. The molecular formula is C12H13N5O5. The number of hydrogen-bond acceptors (Lipinski definition) is 7.